The summed E-state index contributed by atoms with van der Waals surface area (Å²) in [4.78, 5) is 38.2. The fourth-order valence-electron chi connectivity index (χ4n) is 5.55. The van der Waals surface area contributed by atoms with E-state index in [1.807, 2.05) is 4.90 Å². The number of hydrogen-bond acceptors (Lipinski definition) is 8. The molecular formula is C29H31ClF3N5O4S2. The highest BCUT2D eigenvalue weighted by molar-refractivity contribution is 7.91. The SMILES string of the molecule is CC(=O)N(C)C1CCN(c2nc(CCC(=O)[C@@H]3CCCN3S(=O)(=O)c3ccc(Cl)s3)cc(-c3ccc(C(F)(F)F)cc3)n2)C1. The van der Waals surface area contributed by atoms with Gasteiger partial charge in [0.2, 0.25) is 11.9 Å². The van der Waals surface area contributed by atoms with Crippen LogP contribution in [0.3, 0.4) is 0 Å². The van der Waals surface area contributed by atoms with E-state index >= 15 is 0 Å². The largest absolute Gasteiger partial charge is 0.416 e. The minimum Gasteiger partial charge on any atom is -0.341 e. The van der Waals surface area contributed by atoms with Gasteiger partial charge in [0.15, 0.2) is 5.78 Å². The maximum atomic E-state index is 13.4. The number of nitrogens with zero attached hydrogens (tertiary/aromatic N) is 5. The van der Waals surface area contributed by atoms with Crippen molar-refractivity contribution in [1.29, 1.82) is 0 Å². The van der Waals surface area contributed by atoms with Crippen molar-refractivity contribution >= 4 is 50.6 Å². The zero-order chi connectivity index (χ0) is 31.8. The standard InChI is InChI=1S/C29H31ClF3N5O4S2/c1-18(39)36(2)22-13-15-37(17-22)28-34-21(16-23(35-28)19-5-7-20(8-6-19)29(31,32)33)9-10-25(40)24-4-3-14-38(24)44(41,42)27-12-11-26(30)43-27/h5-8,11-12,16,22,24H,3-4,9-10,13-15,17H2,1-2H3/t22?,24-/m0/s1. The van der Waals surface area contributed by atoms with Crippen molar-refractivity contribution in [2.45, 2.75) is 61.5 Å². The number of carbonyl (C=O) groups is 2. The molecule has 1 aromatic carbocycles. The zero-order valence-electron chi connectivity index (χ0n) is 24.1. The van der Waals surface area contributed by atoms with Gasteiger partial charge in [-0.05, 0) is 56.0 Å². The molecular weight excluding hydrogens is 639 g/mol. The van der Waals surface area contributed by atoms with E-state index in [9.17, 15) is 31.2 Å². The molecule has 2 atom stereocenters. The van der Waals surface area contributed by atoms with Gasteiger partial charge in [-0.3, -0.25) is 9.59 Å². The van der Waals surface area contributed by atoms with Crippen molar-refractivity contribution in [3.8, 4) is 11.3 Å². The topological polar surface area (TPSA) is 104 Å². The number of halogens is 4. The van der Waals surface area contributed by atoms with Crippen LogP contribution in [0.2, 0.25) is 4.34 Å². The fourth-order valence-corrected chi connectivity index (χ4v) is 8.84. The van der Waals surface area contributed by atoms with E-state index in [2.05, 4.69) is 9.97 Å². The first kappa shape index (κ1) is 32.3. The smallest absolute Gasteiger partial charge is 0.341 e. The van der Waals surface area contributed by atoms with Crippen LogP contribution in [-0.2, 0) is 32.2 Å². The molecule has 2 fully saturated rings. The van der Waals surface area contributed by atoms with Crippen molar-refractivity contribution in [3.05, 3.63) is 58.1 Å². The van der Waals surface area contributed by atoms with Crippen LogP contribution in [0.5, 0.6) is 0 Å². The van der Waals surface area contributed by atoms with E-state index in [1.165, 1.54) is 35.5 Å². The van der Waals surface area contributed by atoms with Crippen LogP contribution < -0.4 is 4.90 Å². The highest BCUT2D eigenvalue weighted by Crippen LogP contribution is 2.34. The Balaban J connectivity index is 1.38. The molecule has 4 heterocycles. The number of hydrogen-bond donors (Lipinski definition) is 0. The van der Waals surface area contributed by atoms with Crippen LogP contribution in [0, 0.1) is 0 Å². The number of alkyl halides is 3. The number of rotatable bonds is 9. The lowest BCUT2D eigenvalue weighted by molar-refractivity contribution is -0.137. The third-order valence-corrected chi connectivity index (χ3v) is 11.7. The maximum Gasteiger partial charge on any atom is 0.416 e. The van der Waals surface area contributed by atoms with Gasteiger partial charge in [0, 0.05) is 51.3 Å². The Morgan fingerprint density at radius 3 is 2.45 bits per heavy atom. The summed E-state index contributed by atoms with van der Waals surface area (Å²) in [6.07, 6.45) is -2.63. The fraction of sp³-hybridized carbons (Fsp3) is 0.448. The van der Waals surface area contributed by atoms with Gasteiger partial charge in [0.1, 0.15) is 4.21 Å². The van der Waals surface area contributed by atoms with Crippen molar-refractivity contribution < 1.29 is 31.2 Å². The summed E-state index contributed by atoms with van der Waals surface area (Å²) in [7, 11) is -2.15. The molecule has 0 radical (unpaired) electrons. The van der Waals surface area contributed by atoms with Gasteiger partial charge in [0.25, 0.3) is 10.0 Å². The van der Waals surface area contributed by atoms with Crippen LogP contribution in [0.15, 0.2) is 46.7 Å². The Bertz CT molecular complexity index is 1650. The van der Waals surface area contributed by atoms with Crippen LogP contribution in [0.4, 0.5) is 19.1 Å². The number of benzene rings is 1. The maximum absolute atomic E-state index is 13.4. The number of likely N-dealkylation sites (N-methyl/N-ethyl adjacent to an activating group) is 1. The summed E-state index contributed by atoms with van der Waals surface area (Å²) in [5.74, 6) is 0.0406. The Kier molecular flexibility index (Phi) is 9.36. The molecule has 2 aliphatic rings. The Labute approximate surface area is 262 Å². The Morgan fingerprint density at radius 2 is 1.82 bits per heavy atom. The lowest BCUT2D eigenvalue weighted by Crippen LogP contribution is -2.40. The summed E-state index contributed by atoms with van der Waals surface area (Å²) in [6, 6.07) is 8.40. The Hall–Kier alpha value is -3.07. The van der Waals surface area contributed by atoms with E-state index in [4.69, 9.17) is 11.6 Å². The predicted octanol–water partition coefficient (Wildman–Crippen LogP) is 5.29. The molecule has 2 saturated heterocycles. The van der Waals surface area contributed by atoms with E-state index in [1.54, 1.807) is 18.0 Å². The summed E-state index contributed by atoms with van der Waals surface area (Å²) in [5.41, 5.74) is 0.568. The molecule has 2 aromatic heterocycles. The van der Waals surface area contributed by atoms with Gasteiger partial charge in [-0.25, -0.2) is 18.4 Å². The quantitative estimate of drug-likeness (QED) is 0.305. The normalized spacial score (nSPS) is 19.5. The van der Waals surface area contributed by atoms with E-state index in [-0.39, 0.29) is 41.3 Å². The second-order valence-electron chi connectivity index (χ2n) is 10.9. The first-order chi connectivity index (χ1) is 20.7. The molecule has 2 aliphatic heterocycles. The third kappa shape index (κ3) is 6.93. The van der Waals surface area contributed by atoms with Gasteiger partial charge < -0.3 is 9.80 Å². The first-order valence-corrected chi connectivity index (χ1v) is 16.7. The van der Waals surface area contributed by atoms with E-state index in [0.29, 0.717) is 59.6 Å². The molecule has 5 rings (SSSR count). The highest BCUT2D eigenvalue weighted by atomic mass is 35.5. The van der Waals surface area contributed by atoms with Crippen molar-refractivity contribution in [2.24, 2.45) is 0 Å². The third-order valence-electron chi connectivity index (χ3n) is 8.08. The number of ketones is 1. The summed E-state index contributed by atoms with van der Waals surface area (Å²) in [6.45, 7) is 2.77. The van der Waals surface area contributed by atoms with Crippen molar-refractivity contribution in [2.75, 3.05) is 31.6 Å². The molecule has 0 spiro atoms. The number of thiophene rings is 1. The van der Waals surface area contributed by atoms with Gasteiger partial charge in [0.05, 0.1) is 27.7 Å². The molecule has 1 amide bonds. The van der Waals surface area contributed by atoms with Gasteiger partial charge >= 0.3 is 6.18 Å². The number of sulfonamides is 1. The molecule has 15 heteroatoms. The summed E-state index contributed by atoms with van der Waals surface area (Å²) >= 11 is 6.90. The number of Topliss-reactive ketones (excluding diaryl/α,β-unsaturated/α-hetero) is 1. The number of anilines is 1. The second-order valence-corrected chi connectivity index (χ2v) is 14.8. The van der Waals surface area contributed by atoms with Crippen molar-refractivity contribution in [1.82, 2.24) is 19.2 Å². The summed E-state index contributed by atoms with van der Waals surface area (Å²) < 4.78 is 67.7. The zero-order valence-corrected chi connectivity index (χ0v) is 26.4. The van der Waals surface area contributed by atoms with Gasteiger partial charge in [-0.15, -0.1) is 11.3 Å². The van der Waals surface area contributed by atoms with Crippen LogP contribution >= 0.6 is 22.9 Å². The summed E-state index contributed by atoms with van der Waals surface area (Å²) in [5, 5.41) is 0. The number of aryl methyl sites for hydroxylation is 1. The molecule has 44 heavy (non-hydrogen) atoms. The minimum atomic E-state index is -4.48. The molecule has 1 unspecified atom stereocenters. The average Bonchev–Trinajstić information content (AvgIpc) is 3.76. The lowest BCUT2D eigenvalue weighted by atomic mass is 10.0. The molecule has 0 bridgehead atoms. The highest BCUT2D eigenvalue weighted by Gasteiger charge is 2.40. The lowest BCUT2D eigenvalue weighted by Gasteiger charge is -2.24. The monoisotopic (exact) mass is 669 g/mol. The molecule has 0 N–H and O–H groups in total. The van der Waals surface area contributed by atoms with Crippen LogP contribution in [-0.4, -0.2) is 78.0 Å². The Morgan fingerprint density at radius 1 is 1.09 bits per heavy atom. The predicted molar refractivity (Wildman–Crippen MR) is 161 cm³/mol. The minimum absolute atomic E-state index is 0.0144. The number of carbonyl (C=O) groups excluding carboxylic acids is 2. The molecule has 9 nitrogen and oxygen atoms in total. The second kappa shape index (κ2) is 12.7. The number of aromatic nitrogens is 2. The molecule has 0 saturated carbocycles. The first-order valence-electron chi connectivity index (χ1n) is 14.1. The van der Waals surface area contributed by atoms with Gasteiger partial charge in [-0.1, -0.05) is 23.7 Å². The van der Waals surface area contributed by atoms with Gasteiger partial charge in [-0.2, -0.15) is 17.5 Å². The number of amides is 1. The van der Waals surface area contributed by atoms with E-state index in [0.717, 1.165) is 23.5 Å². The van der Waals surface area contributed by atoms with Crippen LogP contribution in [0.25, 0.3) is 11.3 Å². The average molecular weight is 670 g/mol. The molecule has 0 aliphatic carbocycles. The molecule has 236 valence electrons. The van der Waals surface area contributed by atoms with Crippen molar-refractivity contribution in [3.63, 3.8) is 0 Å². The van der Waals surface area contributed by atoms with Crippen LogP contribution in [0.1, 0.15) is 43.9 Å². The van der Waals surface area contributed by atoms with E-state index < -0.39 is 27.8 Å². The molecule has 3 aromatic rings.